The SMILES string of the molecule is O=C(O)C1CC2CCC1N2c1c(Br)cncc1[N+](=O)[O-]. The Bertz CT molecular complexity index is 594. The molecule has 0 radical (unpaired) electrons. The first kappa shape index (κ1) is 13.3. The Morgan fingerprint density at radius 3 is 2.85 bits per heavy atom. The van der Waals surface area contributed by atoms with Crippen molar-refractivity contribution >= 4 is 33.3 Å². The highest BCUT2D eigenvalue weighted by atomic mass is 79.9. The second-order valence-electron chi connectivity index (χ2n) is 5.13. The lowest BCUT2D eigenvalue weighted by molar-refractivity contribution is -0.384. The number of anilines is 1. The van der Waals surface area contributed by atoms with Crippen LogP contribution in [-0.2, 0) is 4.79 Å². The molecule has 106 valence electrons. The van der Waals surface area contributed by atoms with Crippen molar-refractivity contribution in [1.29, 1.82) is 0 Å². The van der Waals surface area contributed by atoms with Crippen molar-refractivity contribution in [2.45, 2.75) is 31.3 Å². The average molecular weight is 342 g/mol. The summed E-state index contributed by atoms with van der Waals surface area (Å²) in [5, 5.41) is 20.4. The zero-order valence-electron chi connectivity index (χ0n) is 10.4. The predicted molar refractivity (Wildman–Crippen MR) is 73.6 cm³/mol. The summed E-state index contributed by atoms with van der Waals surface area (Å²) in [6.45, 7) is 0. The second-order valence-corrected chi connectivity index (χ2v) is 5.99. The number of carboxylic acid groups (broad SMARTS) is 1. The standard InChI is InChI=1S/C12H12BrN3O4/c13-8-4-14-5-10(16(19)20)11(8)15-6-1-2-9(15)7(3-6)12(17)18/h4-7,9H,1-3H2,(H,17,18). The van der Waals surface area contributed by atoms with Crippen LogP contribution in [0.4, 0.5) is 11.4 Å². The Balaban J connectivity index is 2.07. The molecule has 2 aliphatic heterocycles. The number of carboxylic acids is 1. The van der Waals surface area contributed by atoms with E-state index >= 15 is 0 Å². The summed E-state index contributed by atoms with van der Waals surface area (Å²) in [4.78, 5) is 27.7. The molecule has 0 aliphatic carbocycles. The lowest BCUT2D eigenvalue weighted by atomic mass is 9.89. The molecule has 8 heteroatoms. The number of nitro groups is 1. The Morgan fingerprint density at radius 2 is 2.25 bits per heavy atom. The van der Waals surface area contributed by atoms with Gasteiger partial charge in [0.05, 0.1) is 15.3 Å². The number of pyridine rings is 1. The molecule has 2 aliphatic rings. The number of rotatable bonds is 3. The molecule has 3 unspecified atom stereocenters. The highest BCUT2D eigenvalue weighted by Crippen LogP contribution is 2.49. The molecular weight excluding hydrogens is 330 g/mol. The molecule has 1 aromatic heterocycles. The van der Waals surface area contributed by atoms with Gasteiger partial charge in [0.1, 0.15) is 11.9 Å². The molecule has 3 atom stereocenters. The van der Waals surface area contributed by atoms with Gasteiger partial charge in [0.15, 0.2) is 0 Å². The first-order valence-corrected chi connectivity index (χ1v) is 7.09. The highest BCUT2D eigenvalue weighted by Gasteiger charge is 2.51. The molecule has 3 rings (SSSR count). The highest BCUT2D eigenvalue weighted by molar-refractivity contribution is 9.10. The van der Waals surface area contributed by atoms with E-state index in [0.717, 1.165) is 12.8 Å². The van der Waals surface area contributed by atoms with Crippen LogP contribution < -0.4 is 4.90 Å². The summed E-state index contributed by atoms with van der Waals surface area (Å²) >= 11 is 3.31. The zero-order chi connectivity index (χ0) is 14.4. The largest absolute Gasteiger partial charge is 0.481 e. The van der Waals surface area contributed by atoms with Crippen LogP contribution in [0.1, 0.15) is 19.3 Å². The monoisotopic (exact) mass is 341 g/mol. The van der Waals surface area contributed by atoms with Crippen molar-refractivity contribution in [3.8, 4) is 0 Å². The maximum atomic E-state index is 11.3. The molecule has 2 bridgehead atoms. The van der Waals surface area contributed by atoms with Crippen molar-refractivity contribution in [1.82, 2.24) is 4.98 Å². The quantitative estimate of drug-likeness (QED) is 0.668. The molecule has 0 aromatic carbocycles. The maximum Gasteiger partial charge on any atom is 0.311 e. The number of aliphatic carboxylic acids is 1. The summed E-state index contributed by atoms with van der Waals surface area (Å²) in [5.41, 5.74) is 0.378. The molecule has 0 saturated carbocycles. The Hall–Kier alpha value is -1.70. The van der Waals surface area contributed by atoms with Crippen LogP contribution in [0.3, 0.4) is 0 Å². The fraction of sp³-hybridized carbons (Fsp3) is 0.500. The fourth-order valence-corrected chi connectivity index (χ4v) is 3.94. The number of nitrogens with zero attached hydrogens (tertiary/aromatic N) is 3. The number of aromatic nitrogens is 1. The number of halogens is 1. The minimum Gasteiger partial charge on any atom is -0.481 e. The van der Waals surface area contributed by atoms with Gasteiger partial charge in [-0.3, -0.25) is 19.9 Å². The number of hydrogen-bond acceptors (Lipinski definition) is 5. The van der Waals surface area contributed by atoms with Gasteiger partial charge in [-0.15, -0.1) is 0 Å². The van der Waals surface area contributed by atoms with Crippen LogP contribution in [0.2, 0.25) is 0 Å². The van der Waals surface area contributed by atoms with E-state index in [2.05, 4.69) is 20.9 Å². The lowest BCUT2D eigenvalue weighted by Crippen LogP contribution is -2.33. The van der Waals surface area contributed by atoms with Gasteiger partial charge < -0.3 is 10.0 Å². The van der Waals surface area contributed by atoms with Gasteiger partial charge in [-0.2, -0.15) is 0 Å². The van der Waals surface area contributed by atoms with Crippen molar-refractivity contribution in [2.75, 3.05) is 4.90 Å². The van der Waals surface area contributed by atoms with Crippen molar-refractivity contribution in [2.24, 2.45) is 5.92 Å². The van der Waals surface area contributed by atoms with Gasteiger partial charge in [-0.05, 0) is 35.2 Å². The van der Waals surface area contributed by atoms with E-state index < -0.39 is 16.8 Å². The van der Waals surface area contributed by atoms with E-state index in [9.17, 15) is 20.0 Å². The molecule has 0 amide bonds. The topological polar surface area (TPSA) is 96.6 Å². The van der Waals surface area contributed by atoms with Crippen molar-refractivity contribution < 1.29 is 14.8 Å². The second kappa shape index (κ2) is 4.69. The summed E-state index contributed by atoms with van der Waals surface area (Å²) in [7, 11) is 0. The van der Waals surface area contributed by atoms with Gasteiger partial charge in [-0.1, -0.05) is 0 Å². The summed E-state index contributed by atoms with van der Waals surface area (Å²) in [6, 6.07) is -0.117. The van der Waals surface area contributed by atoms with E-state index in [0.29, 0.717) is 16.6 Å². The van der Waals surface area contributed by atoms with Gasteiger partial charge >= 0.3 is 11.7 Å². The van der Waals surface area contributed by atoms with Crippen LogP contribution in [0.15, 0.2) is 16.9 Å². The minimum atomic E-state index is -0.824. The van der Waals surface area contributed by atoms with E-state index in [1.807, 2.05) is 4.90 Å². The van der Waals surface area contributed by atoms with Crippen LogP contribution in [-0.4, -0.2) is 33.1 Å². The van der Waals surface area contributed by atoms with Crippen LogP contribution in [0.5, 0.6) is 0 Å². The third-order valence-corrected chi connectivity index (χ3v) is 4.74. The first-order chi connectivity index (χ1) is 9.50. The van der Waals surface area contributed by atoms with Crippen LogP contribution >= 0.6 is 15.9 Å². The molecule has 1 aromatic rings. The predicted octanol–water partition coefficient (Wildman–Crippen LogP) is 2.19. The van der Waals surface area contributed by atoms with E-state index in [4.69, 9.17) is 0 Å². The Kier molecular flexibility index (Phi) is 3.12. The fourth-order valence-electron chi connectivity index (χ4n) is 3.41. The lowest BCUT2D eigenvalue weighted by Gasteiger charge is -2.25. The number of carbonyl (C=O) groups is 1. The number of hydrogen-bond donors (Lipinski definition) is 1. The Morgan fingerprint density at radius 1 is 1.50 bits per heavy atom. The molecule has 3 heterocycles. The normalized spacial score (nSPS) is 27.9. The molecule has 2 fully saturated rings. The Labute approximate surface area is 122 Å². The van der Waals surface area contributed by atoms with Crippen molar-refractivity contribution in [3.05, 3.63) is 27.0 Å². The minimum absolute atomic E-state index is 0.0542. The molecule has 7 nitrogen and oxygen atoms in total. The van der Waals surface area contributed by atoms with Crippen LogP contribution in [0.25, 0.3) is 0 Å². The van der Waals surface area contributed by atoms with E-state index in [1.165, 1.54) is 12.4 Å². The molecule has 2 saturated heterocycles. The third-order valence-electron chi connectivity index (χ3n) is 4.16. The molecule has 0 spiro atoms. The van der Waals surface area contributed by atoms with E-state index in [-0.39, 0.29) is 17.8 Å². The zero-order valence-corrected chi connectivity index (χ0v) is 12.0. The van der Waals surface area contributed by atoms with Crippen molar-refractivity contribution in [3.63, 3.8) is 0 Å². The van der Waals surface area contributed by atoms with Gasteiger partial charge in [0.2, 0.25) is 0 Å². The van der Waals surface area contributed by atoms with Crippen LogP contribution in [0, 0.1) is 16.0 Å². The van der Waals surface area contributed by atoms with Gasteiger partial charge in [0.25, 0.3) is 0 Å². The smallest absolute Gasteiger partial charge is 0.311 e. The molecule has 20 heavy (non-hydrogen) atoms. The van der Waals surface area contributed by atoms with E-state index in [1.54, 1.807) is 0 Å². The summed E-state index contributed by atoms with van der Waals surface area (Å²) in [6.07, 6.45) is 4.91. The molecular formula is C12H12BrN3O4. The number of fused-ring (bicyclic) bond motifs is 2. The van der Waals surface area contributed by atoms with Gasteiger partial charge in [0, 0.05) is 18.3 Å². The third kappa shape index (κ3) is 1.86. The molecule has 1 N–H and O–H groups in total. The summed E-state index contributed by atoms with van der Waals surface area (Å²) < 4.78 is 0.537. The average Bonchev–Trinajstić information content (AvgIpc) is 2.95. The maximum absolute atomic E-state index is 11.3. The van der Waals surface area contributed by atoms with Gasteiger partial charge in [-0.25, -0.2) is 0 Å². The first-order valence-electron chi connectivity index (χ1n) is 6.29. The summed E-state index contributed by atoms with van der Waals surface area (Å²) in [5.74, 6) is -1.27.